The Kier molecular flexibility index (Phi) is 6.23. The topological polar surface area (TPSA) is 55.4 Å². The largest absolute Gasteiger partial charge is 0.462 e. The van der Waals surface area contributed by atoms with E-state index in [4.69, 9.17) is 4.74 Å². The van der Waals surface area contributed by atoms with Crippen LogP contribution in [0.25, 0.3) is 0 Å². The average molecular weight is 400 g/mol. The first-order chi connectivity index (χ1) is 13.3. The number of hydrogen-bond acceptors (Lipinski definition) is 4. The van der Waals surface area contributed by atoms with Crippen LogP contribution in [0.1, 0.15) is 83.7 Å². The molecule has 1 amide bonds. The molecular weight excluding hydrogens is 370 g/mol. The van der Waals surface area contributed by atoms with Crippen LogP contribution in [-0.2, 0) is 23.0 Å². The number of hydrogen-bond donors (Lipinski definition) is 1. The molecule has 1 aromatic heterocycles. The van der Waals surface area contributed by atoms with E-state index in [0.29, 0.717) is 22.7 Å². The quantitative estimate of drug-likeness (QED) is 0.526. The number of nitrogens with one attached hydrogen (secondary N) is 1. The standard InChI is InChI=1S/C23H29NO3S/c1-5-27-22(26)19-17-9-7-6-8-10-18(17)28-21(19)24-20(25)15-11-13-16(14-12-15)23(2,3)4/h11-14H,5-10H2,1-4H3,(H,24,25). The number of anilines is 1. The first-order valence-corrected chi connectivity index (χ1v) is 10.9. The Morgan fingerprint density at radius 1 is 1.07 bits per heavy atom. The first-order valence-electron chi connectivity index (χ1n) is 10.0. The van der Waals surface area contributed by atoms with E-state index in [9.17, 15) is 9.59 Å². The monoisotopic (exact) mass is 399 g/mol. The molecule has 5 heteroatoms. The second-order valence-electron chi connectivity index (χ2n) is 8.27. The highest BCUT2D eigenvalue weighted by atomic mass is 32.1. The van der Waals surface area contributed by atoms with Crippen molar-refractivity contribution in [2.45, 2.75) is 65.2 Å². The van der Waals surface area contributed by atoms with Gasteiger partial charge in [-0.15, -0.1) is 11.3 Å². The molecule has 0 unspecified atom stereocenters. The van der Waals surface area contributed by atoms with Gasteiger partial charge in [0.05, 0.1) is 12.2 Å². The number of thiophene rings is 1. The molecule has 0 bridgehead atoms. The van der Waals surface area contributed by atoms with Gasteiger partial charge in [-0.1, -0.05) is 39.3 Å². The summed E-state index contributed by atoms with van der Waals surface area (Å²) in [6.07, 6.45) is 5.19. The summed E-state index contributed by atoms with van der Waals surface area (Å²) >= 11 is 1.53. The molecule has 1 N–H and O–H groups in total. The van der Waals surface area contributed by atoms with Gasteiger partial charge < -0.3 is 10.1 Å². The van der Waals surface area contributed by atoms with Crippen molar-refractivity contribution in [3.8, 4) is 0 Å². The Balaban J connectivity index is 1.88. The molecule has 1 aliphatic carbocycles. The molecule has 28 heavy (non-hydrogen) atoms. The highest BCUT2D eigenvalue weighted by Gasteiger charge is 2.27. The van der Waals surface area contributed by atoms with E-state index in [1.54, 1.807) is 6.92 Å². The summed E-state index contributed by atoms with van der Waals surface area (Å²) < 4.78 is 5.29. The third-order valence-electron chi connectivity index (χ3n) is 5.14. The smallest absolute Gasteiger partial charge is 0.341 e. The van der Waals surface area contributed by atoms with Gasteiger partial charge in [-0.2, -0.15) is 0 Å². The summed E-state index contributed by atoms with van der Waals surface area (Å²) in [5.41, 5.74) is 3.44. The van der Waals surface area contributed by atoms with Crippen LogP contribution < -0.4 is 5.32 Å². The molecule has 0 fully saturated rings. The van der Waals surface area contributed by atoms with Crippen molar-refractivity contribution in [1.82, 2.24) is 0 Å². The molecule has 0 aliphatic heterocycles. The van der Waals surface area contributed by atoms with Gasteiger partial charge in [0.15, 0.2) is 0 Å². The molecule has 1 aliphatic rings. The summed E-state index contributed by atoms with van der Waals surface area (Å²) in [5.74, 6) is -0.525. The van der Waals surface area contributed by atoms with Gasteiger partial charge in [0.25, 0.3) is 5.91 Å². The fraction of sp³-hybridized carbons (Fsp3) is 0.478. The predicted molar refractivity (Wildman–Crippen MR) is 115 cm³/mol. The van der Waals surface area contributed by atoms with Gasteiger partial charge in [0.2, 0.25) is 0 Å². The summed E-state index contributed by atoms with van der Waals surface area (Å²) in [7, 11) is 0. The molecule has 1 aromatic carbocycles. The molecule has 150 valence electrons. The van der Waals surface area contributed by atoms with Crippen molar-refractivity contribution in [1.29, 1.82) is 0 Å². The van der Waals surface area contributed by atoms with Crippen LogP contribution in [0.2, 0.25) is 0 Å². The van der Waals surface area contributed by atoms with Crippen molar-refractivity contribution >= 4 is 28.2 Å². The number of benzene rings is 1. The summed E-state index contributed by atoms with van der Waals surface area (Å²) in [6, 6.07) is 7.67. The Morgan fingerprint density at radius 2 is 1.75 bits per heavy atom. The molecule has 1 heterocycles. The molecule has 0 saturated carbocycles. The first kappa shape index (κ1) is 20.6. The number of ether oxygens (including phenoxy) is 1. The third-order valence-corrected chi connectivity index (χ3v) is 6.35. The van der Waals surface area contributed by atoms with Crippen molar-refractivity contribution in [3.05, 3.63) is 51.4 Å². The van der Waals surface area contributed by atoms with Crippen LogP contribution >= 0.6 is 11.3 Å². The van der Waals surface area contributed by atoms with Gasteiger partial charge in [-0.3, -0.25) is 4.79 Å². The minimum Gasteiger partial charge on any atom is -0.462 e. The second-order valence-corrected chi connectivity index (χ2v) is 9.38. The van der Waals surface area contributed by atoms with E-state index in [2.05, 4.69) is 26.1 Å². The minimum atomic E-state index is -0.333. The van der Waals surface area contributed by atoms with Gasteiger partial charge in [0, 0.05) is 10.4 Å². The van der Waals surface area contributed by atoms with Crippen molar-refractivity contribution < 1.29 is 14.3 Å². The van der Waals surface area contributed by atoms with E-state index in [1.165, 1.54) is 28.2 Å². The minimum absolute atomic E-state index is 0.0391. The molecule has 0 spiro atoms. The lowest BCUT2D eigenvalue weighted by atomic mass is 9.87. The lowest BCUT2D eigenvalue weighted by Crippen LogP contribution is -2.16. The summed E-state index contributed by atoms with van der Waals surface area (Å²) in [4.78, 5) is 26.7. The predicted octanol–water partition coefficient (Wildman–Crippen LogP) is 5.74. The average Bonchev–Trinajstić information content (AvgIpc) is 2.82. The van der Waals surface area contributed by atoms with Crippen LogP contribution in [0.5, 0.6) is 0 Å². The zero-order valence-corrected chi connectivity index (χ0v) is 18.0. The number of esters is 1. The normalized spacial score (nSPS) is 14.1. The number of rotatable bonds is 4. The molecule has 3 rings (SSSR count). The molecule has 2 aromatic rings. The number of amides is 1. The van der Waals surface area contributed by atoms with Gasteiger partial charge in [0.1, 0.15) is 5.00 Å². The number of fused-ring (bicyclic) bond motifs is 1. The van der Waals surface area contributed by atoms with Gasteiger partial charge in [-0.05, 0) is 61.3 Å². The van der Waals surface area contributed by atoms with E-state index in [-0.39, 0.29) is 17.3 Å². The van der Waals surface area contributed by atoms with Crippen LogP contribution in [0.4, 0.5) is 5.00 Å². The Hall–Kier alpha value is -2.14. The summed E-state index contributed by atoms with van der Waals surface area (Å²) in [6.45, 7) is 8.56. The van der Waals surface area contributed by atoms with E-state index in [1.807, 2.05) is 24.3 Å². The molecular formula is C23H29NO3S. The fourth-order valence-corrected chi connectivity index (χ4v) is 4.82. The molecule has 4 nitrogen and oxygen atoms in total. The Morgan fingerprint density at radius 3 is 2.39 bits per heavy atom. The lowest BCUT2D eigenvalue weighted by Gasteiger charge is -2.19. The Bertz CT molecular complexity index is 859. The zero-order valence-electron chi connectivity index (χ0n) is 17.2. The maximum absolute atomic E-state index is 12.8. The number of aryl methyl sites for hydroxylation is 1. The van der Waals surface area contributed by atoms with Crippen LogP contribution in [0.3, 0.4) is 0 Å². The van der Waals surface area contributed by atoms with Crippen molar-refractivity contribution in [2.24, 2.45) is 0 Å². The number of carbonyl (C=O) groups excluding carboxylic acids is 2. The maximum Gasteiger partial charge on any atom is 0.341 e. The molecule has 0 atom stereocenters. The third kappa shape index (κ3) is 4.46. The zero-order chi connectivity index (χ0) is 20.3. The van der Waals surface area contributed by atoms with Crippen LogP contribution in [-0.4, -0.2) is 18.5 Å². The van der Waals surface area contributed by atoms with Crippen molar-refractivity contribution in [3.63, 3.8) is 0 Å². The van der Waals surface area contributed by atoms with Crippen molar-refractivity contribution in [2.75, 3.05) is 11.9 Å². The fourth-order valence-electron chi connectivity index (χ4n) is 3.55. The highest BCUT2D eigenvalue weighted by molar-refractivity contribution is 7.17. The summed E-state index contributed by atoms with van der Waals surface area (Å²) in [5, 5.41) is 3.60. The van der Waals surface area contributed by atoms with Gasteiger partial charge in [-0.25, -0.2) is 4.79 Å². The number of carbonyl (C=O) groups is 2. The van der Waals surface area contributed by atoms with E-state index < -0.39 is 0 Å². The van der Waals surface area contributed by atoms with Crippen LogP contribution in [0, 0.1) is 0 Å². The SMILES string of the molecule is CCOC(=O)c1c(NC(=O)c2ccc(C(C)(C)C)cc2)sc2c1CCCCC2. The van der Waals surface area contributed by atoms with E-state index >= 15 is 0 Å². The van der Waals surface area contributed by atoms with Gasteiger partial charge >= 0.3 is 5.97 Å². The van der Waals surface area contributed by atoms with E-state index in [0.717, 1.165) is 31.2 Å². The highest BCUT2D eigenvalue weighted by Crippen LogP contribution is 2.38. The second kappa shape index (κ2) is 8.48. The van der Waals surface area contributed by atoms with Crippen LogP contribution in [0.15, 0.2) is 24.3 Å². The Labute approximate surface area is 171 Å². The maximum atomic E-state index is 12.8. The molecule has 0 radical (unpaired) electrons. The molecule has 0 saturated heterocycles. The lowest BCUT2D eigenvalue weighted by molar-refractivity contribution is 0.0527.